The third-order valence-electron chi connectivity index (χ3n) is 5.76. The van der Waals surface area contributed by atoms with Gasteiger partial charge in [0, 0.05) is 25.2 Å². The summed E-state index contributed by atoms with van der Waals surface area (Å²) in [5.41, 5.74) is 0.513. The number of piperazine rings is 1. The highest BCUT2D eigenvalue weighted by Gasteiger charge is 2.38. The van der Waals surface area contributed by atoms with Crippen molar-refractivity contribution < 1.29 is 32.5 Å². The van der Waals surface area contributed by atoms with Gasteiger partial charge in [0.1, 0.15) is 24.2 Å². The van der Waals surface area contributed by atoms with Gasteiger partial charge < -0.3 is 19.5 Å². The van der Waals surface area contributed by atoms with Gasteiger partial charge in [0.25, 0.3) is 0 Å². The molecule has 1 N–H and O–H groups in total. The molecule has 1 fully saturated rings. The number of carbonyl (C=O) groups excluding carboxylic acids is 1. The first-order chi connectivity index (χ1) is 15.4. The zero-order valence-corrected chi connectivity index (χ0v) is 18.7. The smallest absolute Gasteiger partial charge is 0.416 e. The topological polar surface area (TPSA) is 62.2 Å². The lowest BCUT2D eigenvalue weighted by Gasteiger charge is -2.41. The molecule has 0 aliphatic carbocycles. The molecular weight excluding hydrogens is 437 g/mol. The average Bonchev–Trinajstić information content (AvgIpc) is 2.88. The van der Waals surface area contributed by atoms with Gasteiger partial charge in [-0.25, -0.2) is 4.79 Å². The molecule has 1 saturated heterocycles. The lowest BCUT2D eigenvalue weighted by Crippen LogP contribution is -2.57. The minimum Gasteiger partial charge on any atom is -0.491 e. The number of aliphatic hydroxyl groups excluding tert-OH is 1. The summed E-state index contributed by atoms with van der Waals surface area (Å²) in [5.74, 6) is 0.511. The minimum atomic E-state index is -4.40. The highest BCUT2D eigenvalue weighted by molar-refractivity contribution is 5.68. The lowest BCUT2D eigenvalue weighted by molar-refractivity contribution is -0.137. The molecule has 4 rings (SSSR count). The van der Waals surface area contributed by atoms with Gasteiger partial charge in [0.05, 0.1) is 11.6 Å². The first kappa shape index (κ1) is 23.4. The molecule has 2 aromatic rings. The molecule has 2 heterocycles. The minimum absolute atomic E-state index is 0.233. The maximum absolute atomic E-state index is 12.9. The summed E-state index contributed by atoms with van der Waals surface area (Å²) in [5, 5.41) is 11.1. The lowest BCUT2D eigenvalue weighted by atomic mass is 10.00. The number of benzene rings is 2. The molecule has 0 spiro atoms. The van der Waals surface area contributed by atoms with Crippen LogP contribution in [-0.4, -0.2) is 58.9 Å². The summed E-state index contributed by atoms with van der Waals surface area (Å²) in [6, 6.07) is 9.89. The number of nitrogens with zero attached hydrogens (tertiary/aromatic N) is 2. The van der Waals surface area contributed by atoms with Crippen molar-refractivity contribution in [1.29, 1.82) is 0 Å². The molecule has 0 saturated carbocycles. The van der Waals surface area contributed by atoms with E-state index < -0.39 is 29.7 Å². The number of aliphatic hydroxyl groups is 1. The Kier molecular flexibility index (Phi) is 6.05. The van der Waals surface area contributed by atoms with Crippen LogP contribution < -0.4 is 4.74 Å². The van der Waals surface area contributed by atoms with E-state index >= 15 is 0 Å². The number of alkyl halides is 3. The van der Waals surface area contributed by atoms with Gasteiger partial charge in [-0.15, -0.1) is 0 Å². The normalized spacial score (nSPS) is 21.5. The Morgan fingerprint density at radius 1 is 1.06 bits per heavy atom. The Labute approximate surface area is 190 Å². The van der Waals surface area contributed by atoms with E-state index in [1.165, 1.54) is 12.1 Å². The van der Waals surface area contributed by atoms with Gasteiger partial charge >= 0.3 is 12.3 Å². The highest BCUT2D eigenvalue weighted by Crippen LogP contribution is 2.37. The van der Waals surface area contributed by atoms with Crippen LogP contribution in [0.5, 0.6) is 5.75 Å². The van der Waals surface area contributed by atoms with Crippen molar-refractivity contribution in [2.24, 2.45) is 0 Å². The van der Waals surface area contributed by atoms with Crippen LogP contribution in [0.2, 0.25) is 0 Å². The number of ether oxygens (including phenoxy) is 2. The number of amides is 1. The quantitative estimate of drug-likeness (QED) is 0.664. The van der Waals surface area contributed by atoms with Crippen molar-refractivity contribution in [2.45, 2.75) is 44.8 Å². The summed E-state index contributed by atoms with van der Waals surface area (Å²) in [4.78, 5) is 16.0. The predicted molar refractivity (Wildman–Crippen MR) is 116 cm³/mol. The largest absolute Gasteiger partial charge is 0.491 e. The Balaban J connectivity index is 1.53. The van der Waals surface area contributed by atoms with Crippen molar-refractivity contribution in [3.8, 4) is 16.9 Å². The van der Waals surface area contributed by atoms with E-state index in [9.17, 15) is 23.1 Å². The second kappa shape index (κ2) is 8.53. The molecule has 0 radical (unpaired) electrons. The molecule has 2 aromatic carbocycles. The maximum atomic E-state index is 12.9. The van der Waals surface area contributed by atoms with Gasteiger partial charge in [-0.05, 0) is 56.2 Å². The average molecular weight is 464 g/mol. The summed E-state index contributed by atoms with van der Waals surface area (Å²) >= 11 is 0. The number of carbonyl (C=O) groups is 1. The molecule has 2 aliphatic heterocycles. The van der Waals surface area contributed by atoms with Crippen molar-refractivity contribution >= 4 is 6.09 Å². The molecule has 0 bridgehead atoms. The van der Waals surface area contributed by atoms with Crippen LogP contribution in [0.15, 0.2) is 42.5 Å². The Morgan fingerprint density at radius 3 is 2.36 bits per heavy atom. The van der Waals surface area contributed by atoms with E-state index in [-0.39, 0.29) is 12.6 Å². The van der Waals surface area contributed by atoms with Gasteiger partial charge in [-0.2, -0.15) is 13.2 Å². The number of hydrogen-bond acceptors (Lipinski definition) is 5. The SMILES string of the molecule is CC(C)(C)OC(=O)N1CCN2C(COc3ccc(-c4ccc(C(F)(F)F)cc4)cc3C2O)C1. The van der Waals surface area contributed by atoms with Gasteiger partial charge in [0.15, 0.2) is 0 Å². The first-order valence-corrected chi connectivity index (χ1v) is 10.8. The monoisotopic (exact) mass is 464 g/mol. The second-order valence-corrected chi connectivity index (χ2v) is 9.33. The van der Waals surface area contributed by atoms with Crippen LogP contribution >= 0.6 is 0 Å². The number of halogens is 3. The zero-order valence-electron chi connectivity index (χ0n) is 18.7. The number of hydrogen-bond donors (Lipinski definition) is 1. The van der Waals surface area contributed by atoms with Crippen molar-refractivity contribution in [3.63, 3.8) is 0 Å². The van der Waals surface area contributed by atoms with Crippen molar-refractivity contribution in [3.05, 3.63) is 53.6 Å². The van der Waals surface area contributed by atoms with E-state index in [1.807, 2.05) is 25.7 Å². The Morgan fingerprint density at radius 2 is 1.73 bits per heavy atom. The fourth-order valence-electron chi connectivity index (χ4n) is 4.11. The molecule has 9 heteroatoms. The molecule has 1 amide bonds. The Hall–Kier alpha value is -2.78. The fraction of sp³-hybridized carbons (Fsp3) is 0.458. The summed E-state index contributed by atoms with van der Waals surface area (Å²) in [6.45, 7) is 6.89. The predicted octanol–water partition coefficient (Wildman–Crippen LogP) is 4.68. The van der Waals surface area contributed by atoms with Crippen LogP contribution in [0.25, 0.3) is 11.1 Å². The molecule has 0 aromatic heterocycles. The standard InChI is InChI=1S/C24H27F3N2O4/c1-23(2,3)33-22(31)28-10-11-29-18(13-28)14-32-20-9-6-16(12-19(20)21(29)30)15-4-7-17(8-5-15)24(25,26)27/h4-9,12,18,21,30H,10-11,13-14H2,1-3H3. The van der Waals surface area contributed by atoms with Crippen LogP contribution in [0.1, 0.15) is 38.1 Å². The second-order valence-electron chi connectivity index (χ2n) is 9.33. The highest BCUT2D eigenvalue weighted by atomic mass is 19.4. The summed E-state index contributed by atoms with van der Waals surface area (Å²) in [6.07, 6.45) is -5.77. The number of fused-ring (bicyclic) bond motifs is 2. The molecule has 178 valence electrons. The zero-order chi connectivity index (χ0) is 24.0. The van der Waals surface area contributed by atoms with Gasteiger partial charge in [0.2, 0.25) is 0 Å². The summed E-state index contributed by atoms with van der Waals surface area (Å²) < 4.78 is 50.0. The van der Waals surface area contributed by atoms with E-state index in [4.69, 9.17) is 9.47 Å². The van der Waals surface area contributed by atoms with Crippen LogP contribution in [0.4, 0.5) is 18.0 Å². The maximum Gasteiger partial charge on any atom is 0.416 e. The van der Waals surface area contributed by atoms with Crippen molar-refractivity contribution in [2.75, 3.05) is 26.2 Å². The third kappa shape index (κ3) is 5.09. The van der Waals surface area contributed by atoms with E-state index in [0.29, 0.717) is 42.1 Å². The van der Waals surface area contributed by atoms with Crippen LogP contribution in [0, 0.1) is 0 Å². The summed E-state index contributed by atoms with van der Waals surface area (Å²) in [7, 11) is 0. The first-order valence-electron chi connectivity index (χ1n) is 10.8. The molecular formula is C24H27F3N2O4. The van der Waals surface area contributed by atoms with Crippen LogP contribution in [-0.2, 0) is 10.9 Å². The number of rotatable bonds is 1. The van der Waals surface area contributed by atoms with E-state index in [2.05, 4.69) is 0 Å². The molecule has 33 heavy (non-hydrogen) atoms. The Bertz CT molecular complexity index is 1020. The van der Waals surface area contributed by atoms with Gasteiger partial charge in [-0.3, -0.25) is 4.90 Å². The molecule has 6 nitrogen and oxygen atoms in total. The molecule has 2 unspecified atom stereocenters. The molecule has 2 atom stereocenters. The molecule has 2 aliphatic rings. The fourth-order valence-corrected chi connectivity index (χ4v) is 4.11. The van der Waals surface area contributed by atoms with Crippen molar-refractivity contribution in [1.82, 2.24) is 9.80 Å². The van der Waals surface area contributed by atoms with E-state index in [1.54, 1.807) is 23.1 Å². The van der Waals surface area contributed by atoms with Gasteiger partial charge in [-0.1, -0.05) is 18.2 Å². The van der Waals surface area contributed by atoms with E-state index in [0.717, 1.165) is 12.1 Å². The third-order valence-corrected chi connectivity index (χ3v) is 5.76. The van der Waals surface area contributed by atoms with Crippen LogP contribution in [0.3, 0.4) is 0 Å².